The number of nitrogens with zero attached hydrogens (tertiary/aromatic N) is 8. The molecule has 50 heavy (non-hydrogen) atoms. The van der Waals surface area contributed by atoms with E-state index in [2.05, 4.69) is 30.0 Å². The maximum Gasteiger partial charge on any atom is 0.330 e. The van der Waals surface area contributed by atoms with E-state index in [0.717, 1.165) is 0 Å². The number of nitrogens with one attached hydrogen (secondary N) is 2. The Labute approximate surface area is 290 Å². The van der Waals surface area contributed by atoms with Crippen LogP contribution in [0.15, 0.2) is 41.8 Å². The third kappa shape index (κ3) is 10.5. The lowest BCUT2D eigenvalue weighted by Gasteiger charge is -2.17. The predicted octanol–water partition coefficient (Wildman–Crippen LogP) is 2.66. The fraction of sp³-hybridized carbons (Fsp3) is 0.643. The molecule has 20 nitrogen and oxygen atoms in total. The van der Waals surface area contributed by atoms with Gasteiger partial charge in [-0.2, -0.15) is 0 Å². The van der Waals surface area contributed by atoms with E-state index in [1.165, 1.54) is 21.5 Å². The summed E-state index contributed by atoms with van der Waals surface area (Å²) in [6, 6.07) is -1.35. The van der Waals surface area contributed by atoms with Gasteiger partial charge in [0.15, 0.2) is 0 Å². The zero-order valence-electron chi connectivity index (χ0n) is 27.2. The molecule has 0 saturated carbocycles. The van der Waals surface area contributed by atoms with Crippen LogP contribution in [0.5, 0.6) is 0 Å². The Bertz CT molecular complexity index is 1730. The fourth-order valence-corrected chi connectivity index (χ4v) is 7.38. The molecule has 0 spiro atoms. The Morgan fingerprint density at radius 2 is 1.20 bits per heavy atom. The number of azide groups is 2. The highest BCUT2D eigenvalue weighted by Crippen LogP contribution is 2.32. The summed E-state index contributed by atoms with van der Waals surface area (Å²) >= 11 is 0. The summed E-state index contributed by atoms with van der Waals surface area (Å²) in [7, 11) is 3.08. The second kappa shape index (κ2) is 18.5. The molecule has 2 aliphatic rings. The van der Waals surface area contributed by atoms with Gasteiger partial charge in [-0.25, -0.2) is 9.59 Å². The van der Waals surface area contributed by atoms with Crippen LogP contribution in [0, 0.1) is 13.8 Å². The largest absolute Gasteiger partial charge is 0.463 e. The molecule has 0 unspecified atom stereocenters. The number of carbonyl (C=O) groups excluding carboxylic acids is 2. The van der Waals surface area contributed by atoms with Crippen LogP contribution in [0.2, 0.25) is 0 Å². The first-order valence-corrected chi connectivity index (χ1v) is 18.1. The zero-order valence-corrected chi connectivity index (χ0v) is 28.8. The van der Waals surface area contributed by atoms with Gasteiger partial charge in [0.1, 0.15) is 37.9 Å². The summed E-state index contributed by atoms with van der Waals surface area (Å²) < 4.78 is 24.8. The van der Waals surface area contributed by atoms with Gasteiger partial charge >= 0.3 is 23.3 Å². The van der Waals surface area contributed by atoms with Crippen LogP contribution in [-0.4, -0.2) is 80.1 Å². The van der Waals surface area contributed by atoms with Crippen LogP contribution in [0.3, 0.4) is 0 Å². The minimum absolute atomic E-state index is 0.151. The Hall–Kier alpha value is -4.46. The number of esters is 2. The van der Waals surface area contributed by atoms with Gasteiger partial charge in [0, 0.05) is 70.5 Å². The fourth-order valence-electron chi connectivity index (χ4n) is 5.21. The summed E-state index contributed by atoms with van der Waals surface area (Å²) in [6.45, 7) is 2.76. The maximum atomic E-state index is 12.3. The Balaban J connectivity index is 1.08. The van der Waals surface area contributed by atoms with Crippen molar-refractivity contribution in [1.82, 2.24) is 19.1 Å². The number of aryl methyl sites for hydroxylation is 2. The highest BCUT2D eigenvalue weighted by molar-refractivity contribution is 8.76. The van der Waals surface area contributed by atoms with Gasteiger partial charge in [-0.05, 0) is 37.8 Å². The second-order valence-corrected chi connectivity index (χ2v) is 14.2. The van der Waals surface area contributed by atoms with Crippen molar-refractivity contribution in [3.8, 4) is 0 Å². The van der Waals surface area contributed by atoms with Gasteiger partial charge in [-0.15, -0.1) is 0 Å². The highest BCUT2D eigenvalue weighted by atomic mass is 33.1. The molecule has 2 N–H and O–H groups in total. The first-order valence-electron chi connectivity index (χ1n) is 15.6. The van der Waals surface area contributed by atoms with Crippen molar-refractivity contribution in [2.45, 2.75) is 89.1 Å². The normalized spacial score (nSPS) is 22.8. The predicted molar refractivity (Wildman–Crippen MR) is 180 cm³/mol. The van der Waals surface area contributed by atoms with Gasteiger partial charge < -0.3 is 18.9 Å². The first-order chi connectivity index (χ1) is 24.0. The number of hydrogen-bond acceptors (Lipinski definition) is 14. The topological polar surface area (TPSA) is 278 Å². The van der Waals surface area contributed by atoms with E-state index in [-0.39, 0.29) is 38.9 Å². The standard InChI is InChI=1S/C28H36N10O10S2/c1-15-11-37(27(43)31-25(15)41)21-9-17(33-35-29)19(47-21)13-45-23(39)5-3-7-49-50-8-4-6-24(40)46-14-20-18(34-36-30)10-22(48-20)38-12-16(2)26(42)32-28(38)44/h11-12,17-22H,3-10,13-14H2,1-2H3,(H,31,41,43)(H,32,42,44)/t17-,18-,19-,20+,21+,22+/m0/s1. The van der Waals surface area contributed by atoms with Crippen molar-refractivity contribution in [1.29, 1.82) is 0 Å². The SMILES string of the molecule is Cc1cn([C@H]2C[C@H](N=[N+]=[N-])[C@H](COC(=O)CCCSSCCCC(=O)OC[C@H]3O[C@@H](n4cc(C)c(=O)[nH]c4=O)C[C@@H]3N=[N+]=[N-])O2)c(=O)[nH]c1=O. The molecule has 0 aromatic carbocycles. The van der Waals surface area contributed by atoms with Crippen molar-refractivity contribution in [3.63, 3.8) is 0 Å². The molecule has 0 radical (unpaired) electrons. The van der Waals surface area contributed by atoms with Crippen LogP contribution in [0.1, 0.15) is 62.1 Å². The molecule has 2 fully saturated rings. The summed E-state index contributed by atoms with van der Waals surface area (Å²) in [5, 5.41) is 7.42. The smallest absolute Gasteiger partial charge is 0.330 e. The molecule has 0 amide bonds. The van der Waals surface area contributed by atoms with E-state index in [9.17, 15) is 28.8 Å². The lowest BCUT2D eigenvalue weighted by molar-refractivity contribution is -0.149. The first kappa shape index (κ1) is 38.3. The van der Waals surface area contributed by atoms with Crippen molar-refractivity contribution >= 4 is 33.5 Å². The Kier molecular flexibility index (Phi) is 14.2. The molecule has 2 aliphatic heterocycles. The van der Waals surface area contributed by atoms with E-state index in [0.29, 0.717) is 35.5 Å². The van der Waals surface area contributed by atoms with Crippen LogP contribution in [0.4, 0.5) is 0 Å². The number of hydrogen-bond donors (Lipinski definition) is 2. The lowest BCUT2D eigenvalue weighted by atomic mass is 10.1. The van der Waals surface area contributed by atoms with E-state index in [1.807, 2.05) is 0 Å². The molecule has 2 aromatic heterocycles. The minimum atomic E-state index is -0.800. The Morgan fingerprint density at radius 3 is 1.58 bits per heavy atom. The van der Waals surface area contributed by atoms with Gasteiger partial charge in [-0.1, -0.05) is 31.8 Å². The summed E-state index contributed by atoms with van der Waals surface area (Å²) in [5.41, 5.74) is 16.1. The molecule has 270 valence electrons. The van der Waals surface area contributed by atoms with Crippen molar-refractivity contribution in [3.05, 3.63) is 86.1 Å². The van der Waals surface area contributed by atoms with Gasteiger partial charge in [0.25, 0.3) is 11.1 Å². The number of aromatic amines is 2. The van der Waals surface area contributed by atoms with Gasteiger partial charge in [-0.3, -0.25) is 38.3 Å². The molecule has 4 rings (SSSR count). The average molecular weight is 737 g/mol. The molecule has 2 aromatic rings. The van der Waals surface area contributed by atoms with E-state index in [4.69, 9.17) is 30.0 Å². The van der Waals surface area contributed by atoms with Crippen LogP contribution >= 0.6 is 21.6 Å². The number of rotatable bonds is 17. The van der Waals surface area contributed by atoms with Crippen LogP contribution < -0.4 is 22.5 Å². The molecule has 0 aliphatic carbocycles. The van der Waals surface area contributed by atoms with Gasteiger partial charge in [0.05, 0.1) is 12.1 Å². The van der Waals surface area contributed by atoms with Crippen molar-refractivity contribution < 1.29 is 28.5 Å². The zero-order chi connectivity index (χ0) is 36.2. The van der Waals surface area contributed by atoms with E-state index in [1.54, 1.807) is 35.4 Å². The monoisotopic (exact) mass is 736 g/mol. The molecule has 6 atom stereocenters. The quantitative estimate of drug-likeness (QED) is 0.0592. The summed E-state index contributed by atoms with van der Waals surface area (Å²) in [4.78, 5) is 82.5. The van der Waals surface area contributed by atoms with E-state index < -0.39 is 71.2 Å². The maximum absolute atomic E-state index is 12.3. The van der Waals surface area contributed by atoms with Crippen molar-refractivity contribution in [2.24, 2.45) is 10.2 Å². The van der Waals surface area contributed by atoms with E-state index >= 15 is 0 Å². The number of carbonyl (C=O) groups is 2. The third-order valence-electron chi connectivity index (χ3n) is 7.84. The molecule has 0 bridgehead atoms. The molecule has 4 heterocycles. The second-order valence-electron chi connectivity index (χ2n) is 11.4. The number of H-pyrrole nitrogens is 2. The molecular formula is C28H36N10O10S2. The van der Waals surface area contributed by atoms with Crippen LogP contribution in [0.25, 0.3) is 20.9 Å². The molecular weight excluding hydrogens is 701 g/mol. The average Bonchev–Trinajstić information content (AvgIpc) is 3.67. The lowest BCUT2D eigenvalue weighted by Crippen LogP contribution is -2.33. The summed E-state index contributed by atoms with van der Waals surface area (Å²) in [5.74, 6) is 0.397. The molecule has 2 saturated heterocycles. The highest BCUT2D eigenvalue weighted by Gasteiger charge is 2.38. The Morgan fingerprint density at radius 1 is 0.800 bits per heavy atom. The van der Waals surface area contributed by atoms with Gasteiger partial charge in [0.2, 0.25) is 0 Å². The molecule has 22 heteroatoms. The third-order valence-corrected chi connectivity index (χ3v) is 10.4. The van der Waals surface area contributed by atoms with Crippen molar-refractivity contribution in [2.75, 3.05) is 24.7 Å². The van der Waals surface area contributed by atoms with Crippen LogP contribution in [-0.2, 0) is 28.5 Å². The number of aromatic nitrogens is 4. The summed E-state index contributed by atoms with van der Waals surface area (Å²) in [6.07, 6.45) is 1.32. The number of ether oxygens (including phenoxy) is 4. The minimum Gasteiger partial charge on any atom is -0.463 e.